The molecule has 0 fully saturated rings. The van der Waals surface area contributed by atoms with Crippen molar-refractivity contribution in [3.8, 4) is 11.4 Å². The first-order valence-corrected chi connectivity index (χ1v) is 5.96. The number of benzene rings is 1. The molecule has 18 heavy (non-hydrogen) atoms. The Morgan fingerprint density at radius 3 is 2.78 bits per heavy atom. The number of halogens is 1. The number of hydrogen-bond donors (Lipinski definition) is 1. The maximum absolute atomic E-state index is 13.8. The van der Waals surface area contributed by atoms with Crippen LogP contribution in [-0.4, -0.2) is 19.9 Å². The fraction of sp³-hybridized carbons (Fsp3) is 0.385. The van der Waals surface area contributed by atoms with Gasteiger partial charge in [0.05, 0.1) is 5.56 Å². The summed E-state index contributed by atoms with van der Waals surface area (Å²) in [6, 6.07) is 4.88. The largest absolute Gasteiger partial charge is 0.388 e. The van der Waals surface area contributed by atoms with Gasteiger partial charge in [-0.2, -0.15) is 0 Å². The summed E-state index contributed by atoms with van der Waals surface area (Å²) in [6.07, 6.45) is 0.867. The van der Waals surface area contributed by atoms with Crippen molar-refractivity contribution in [1.82, 2.24) is 14.8 Å². The number of aliphatic hydroxyl groups excluding tert-OH is 1. The average molecular weight is 249 g/mol. The van der Waals surface area contributed by atoms with Crippen molar-refractivity contribution in [2.75, 3.05) is 0 Å². The van der Waals surface area contributed by atoms with Crippen molar-refractivity contribution in [2.24, 2.45) is 0 Å². The van der Waals surface area contributed by atoms with Gasteiger partial charge in [0, 0.05) is 6.54 Å². The summed E-state index contributed by atoms with van der Waals surface area (Å²) < 4.78 is 15.6. The molecule has 0 aliphatic heterocycles. The van der Waals surface area contributed by atoms with Crippen LogP contribution >= 0.6 is 0 Å². The normalized spacial score (nSPS) is 10.9. The van der Waals surface area contributed by atoms with Gasteiger partial charge in [-0.25, -0.2) is 4.39 Å². The van der Waals surface area contributed by atoms with Crippen molar-refractivity contribution in [3.63, 3.8) is 0 Å². The molecule has 0 aliphatic rings. The lowest BCUT2D eigenvalue weighted by molar-refractivity contribution is 0.264. The third kappa shape index (κ3) is 2.26. The number of nitrogens with zero attached hydrogens (tertiary/aromatic N) is 3. The predicted molar refractivity (Wildman–Crippen MR) is 66.4 cm³/mol. The number of rotatable bonds is 4. The minimum Gasteiger partial charge on any atom is -0.388 e. The van der Waals surface area contributed by atoms with E-state index in [-0.39, 0.29) is 12.4 Å². The Morgan fingerprint density at radius 1 is 1.33 bits per heavy atom. The van der Waals surface area contributed by atoms with Gasteiger partial charge in [0.1, 0.15) is 12.4 Å². The zero-order valence-corrected chi connectivity index (χ0v) is 10.5. The molecule has 96 valence electrons. The molecule has 1 aromatic carbocycles. The highest BCUT2D eigenvalue weighted by Crippen LogP contribution is 2.23. The fourth-order valence-electron chi connectivity index (χ4n) is 1.92. The van der Waals surface area contributed by atoms with E-state index in [4.69, 9.17) is 0 Å². The lowest BCUT2D eigenvalue weighted by atomic mass is 10.1. The molecule has 1 aromatic heterocycles. The van der Waals surface area contributed by atoms with E-state index < -0.39 is 0 Å². The Morgan fingerprint density at radius 2 is 2.11 bits per heavy atom. The molecule has 2 aromatic rings. The highest BCUT2D eigenvalue weighted by Gasteiger charge is 2.15. The van der Waals surface area contributed by atoms with Gasteiger partial charge in [0.15, 0.2) is 11.6 Å². The third-order valence-corrected chi connectivity index (χ3v) is 2.78. The van der Waals surface area contributed by atoms with Crippen LogP contribution in [0.4, 0.5) is 4.39 Å². The molecule has 1 N–H and O–H groups in total. The zero-order valence-electron chi connectivity index (χ0n) is 10.5. The van der Waals surface area contributed by atoms with Crippen molar-refractivity contribution in [3.05, 3.63) is 35.4 Å². The average Bonchev–Trinajstić information content (AvgIpc) is 2.76. The molecule has 0 radical (unpaired) electrons. The van der Waals surface area contributed by atoms with E-state index in [0.29, 0.717) is 23.8 Å². The van der Waals surface area contributed by atoms with Gasteiger partial charge in [0.25, 0.3) is 0 Å². The summed E-state index contributed by atoms with van der Waals surface area (Å²) >= 11 is 0. The maximum atomic E-state index is 13.8. The van der Waals surface area contributed by atoms with E-state index in [9.17, 15) is 9.50 Å². The standard InChI is InChI=1S/C13H16FN3O/c1-3-6-17-12(8-18)15-16-13(17)10-7-9(2)4-5-11(10)14/h4-5,7,18H,3,6,8H2,1-2H3. The van der Waals surface area contributed by atoms with Crippen molar-refractivity contribution in [2.45, 2.75) is 33.4 Å². The van der Waals surface area contributed by atoms with Crippen LogP contribution in [-0.2, 0) is 13.2 Å². The summed E-state index contributed by atoms with van der Waals surface area (Å²) in [5.74, 6) is 0.615. The molecule has 0 bridgehead atoms. The maximum Gasteiger partial charge on any atom is 0.167 e. The smallest absolute Gasteiger partial charge is 0.167 e. The SMILES string of the molecule is CCCn1c(CO)nnc1-c1cc(C)ccc1F. The fourth-order valence-corrected chi connectivity index (χ4v) is 1.92. The molecule has 2 rings (SSSR count). The van der Waals surface area contributed by atoms with Crippen molar-refractivity contribution in [1.29, 1.82) is 0 Å². The Labute approximate surface area is 105 Å². The zero-order chi connectivity index (χ0) is 13.1. The second-order valence-electron chi connectivity index (χ2n) is 4.23. The number of aromatic nitrogens is 3. The van der Waals surface area contributed by atoms with Crippen LogP contribution in [0, 0.1) is 12.7 Å². The van der Waals surface area contributed by atoms with Gasteiger partial charge < -0.3 is 9.67 Å². The molecule has 5 heteroatoms. The molecule has 4 nitrogen and oxygen atoms in total. The van der Waals surface area contributed by atoms with E-state index in [1.165, 1.54) is 6.07 Å². The highest BCUT2D eigenvalue weighted by molar-refractivity contribution is 5.57. The van der Waals surface area contributed by atoms with Crippen LogP contribution in [0.25, 0.3) is 11.4 Å². The molecule has 0 saturated carbocycles. The molecular formula is C13H16FN3O. The molecule has 0 aliphatic carbocycles. The highest BCUT2D eigenvalue weighted by atomic mass is 19.1. The molecule has 0 amide bonds. The quantitative estimate of drug-likeness (QED) is 0.904. The molecule has 0 unspecified atom stereocenters. The first kappa shape index (κ1) is 12.7. The van der Waals surface area contributed by atoms with E-state index in [1.807, 2.05) is 13.8 Å². The predicted octanol–water partition coefficient (Wildman–Crippen LogP) is 2.29. The van der Waals surface area contributed by atoms with Crippen LogP contribution < -0.4 is 0 Å². The third-order valence-electron chi connectivity index (χ3n) is 2.78. The van der Waals surface area contributed by atoms with Crippen LogP contribution in [0.5, 0.6) is 0 Å². The summed E-state index contributed by atoms with van der Waals surface area (Å²) in [4.78, 5) is 0. The second-order valence-corrected chi connectivity index (χ2v) is 4.23. The lowest BCUT2D eigenvalue weighted by Crippen LogP contribution is -2.06. The Bertz CT molecular complexity index is 551. The number of aryl methyl sites for hydroxylation is 1. The lowest BCUT2D eigenvalue weighted by Gasteiger charge is -2.09. The van der Waals surface area contributed by atoms with Gasteiger partial charge in [-0.15, -0.1) is 10.2 Å². The van der Waals surface area contributed by atoms with Crippen molar-refractivity contribution >= 4 is 0 Å². The van der Waals surface area contributed by atoms with Crippen LogP contribution in [0.2, 0.25) is 0 Å². The summed E-state index contributed by atoms with van der Waals surface area (Å²) in [7, 11) is 0. The summed E-state index contributed by atoms with van der Waals surface area (Å²) in [6.45, 7) is 4.38. The van der Waals surface area contributed by atoms with Gasteiger partial charge in [-0.05, 0) is 25.5 Å². The minimum absolute atomic E-state index is 0.194. The monoisotopic (exact) mass is 249 g/mol. The topological polar surface area (TPSA) is 50.9 Å². The Balaban J connectivity index is 2.56. The van der Waals surface area contributed by atoms with Gasteiger partial charge in [-0.1, -0.05) is 18.6 Å². The second kappa shape index (κ2) is 5.27. The summed E-state index contributed by atoms with van der Waals surface area (Å²) in [5.41, 5.74) is 1.39. The van der Waals surface area contributed by atoms with E-state index in [1.54, 1.807) is 16.7 Å². The molecular weight excluding hydrogens is 233 g/mol. The van der Waals surface area contributed by atoms with Crippen LogP contribution in [0.1, 0.15) is 24.7 Å². The van der Waals surface area contributed by atoms with E-state index in [2.05, 4.69) is 10.2 Å². The number of hydrogen-bond acceptors (Lipinski definition) is 3. The molecule has 0 saturated heterocycles. The van der Waals surface area contributed by atoms with Gasteiger partial charge in [0.2, 0.25) is 0 Å². The van der Waals surface area contributed by atoms with Crippen molar-refractivity contribution < 1.29 is 9.50 Å². The first-order chi connectivity index (χ1) is 8.67. The number of aliphatic hydroxyl groups is 1. The van der Waals surface area contributed by atoms with Gasteiger partial charge in [-0.3, -0.25) is 0 Å². The Kier molecular flexibility index (Phi) is 3.72. The molecule has 1 heterocycles. The Hall–Kier alpha value is -1.75. The first-order valence-electron chi connectivity index (χ1n) is 5.96. The summed E-state index contributed by atoms with van der Waals surface area (Å²) in [5, 5.41) is 17.1. The molecule has 0 atom stereocenters. The van der Waals surface area contributed by atoms with E-state index >= 15 is 0 Å². The minimum atomic E-state index is -0.324. The van der Waals surface area contributed by atoms with Crippen LogP contribution in [0.3, 0.4) is 0 Å². The van der Waals surface area contributed by atoms with Gasteiger partial charge >= 0.3 is 0 Å². The van der Waals surface area contributed by atoms with Crippen LogP contribution in [0.15, 0.2) is 18.2 Å². The van der Waals surface area contributed by atoms with E-state index in [0.717, 1.165) is 12.0 Å². The molecule has 0 spiro atoms.